The molecule has 0 spiro atoms. The number of hydrazone groups is 1. The second kappa shape index (κ2) is 8.96. The molecule has 8 heteroatoms. The fourth-order valence-corrected chi connectivity index (χ4v) is 4.41. The van der Waals surface area contributed by atoms with E-state index in [1.54, 1.807) is 30.3 Å². The molecular formula is C22H23N3O4S. The predicted octanol–water partition coefficient (Wildman–Crippen LogP) is 3.55. The molecule has 0 bridgehead atoms. The van der Waals surface area contributed by atoms with Crippen LogP contribution in [0.15, 0.2) is 75.3 Å². The fourth-order valence-electron chi connectivity index (χ4n) is 2.92. The SMILES string of the molecule is Cc1ccc(S(=O)(=O)N(CC(=O)NN=Cc2ccco2)c2ccc(C)cc2C)cc1. The summed E-state index contributed by atoms with van der Waals surface area (Å²) in [5.74, 6) is -0.109. The zero-order chi connectivity index (χ0) is 21.7. The van der Waals surface area contributed by atoms with Gasteiger partial charge in [-0.3, -0.25) is 9.10 Å². The van der Waals surface area contributed by atoms with E-state index in [1.165, 1.54) is 24.6 Å². The maximum Gasteiger partial charge on any atom is 0.264 e. The van der Waals surface area contributed by atoms with Gasteiger partial charge in [-0.2, -0.15) is 5.10 Å². The molecule has 3 aromatic rings. The molecule has 0 radical (unpaired) electrons. The minimum absolute atomic E-state index is 0.111. The van der Waals surface area contributed by atoms with Gasteiger partial charge in [-0.25, -0.2) is 13.8 Å². The molecule has 1 aromatic heterocycles. The number of anilines is 1. The van der Waals surface area contributed by atoms with Gasteiger partial charge in [0.05, 0.1) is 23.1 Å². The monoisotopic (exact) mass is 425 g/mol. The summed E-state index contributed by atoms with van der Waals surface area (Å²) in [6.45, 7) is 5.19. The first-order chi connectivity index (χ1) is 14.3. The van der Waals surface area contributed by atoms with Gasteiger partial charge in [-0.15, -0.1) is 0 Å². The van der Waals surface area contributed by atoms with Gasteiger partial charge >= 0.3 is 0 Å². The summed E-state index contributed by atoms with van der Waals surface area (Å²) in [5.41, 5.74) is 5.47. The Morgan fingerprint density at radius 2 is 1.77 bits per heavy atom. The van der Waals surface area contributed by atoms with Crippen LogP contribution in [0, 0.1) is 20.8 Å². The molecule has 0 unspecified atom stereocenters. The number of carbonyl (C=O) groups excluding carboxylic acids is 1. The Labute approximate surface area is 176 Å². The normalized spacial score (nSPS) is 11.6. The Morgan fingerprint density at radius 1 is 1.07 bits per heavy atom. The highest BCUT2D eigenvalue weighted by Gasteiger charge is 2.28. The number of benzene rings is 2. The summed E-state index contributed by atoms with van der Waals surface area (Å²) in [7, 11) is -3.97. The minimum Gasteiger partial charge on any atom is -0.463 e. The molecule has 0 aliphatic carbocycles. The lowest BCUT2D eigenvalue weighted by atomic mass is 10.1. The quantitative estimate of drug-likeness (QED) is 0.463. The highest BCUT2D eigenvalue weighted by molar-refractivity contribution is 7.92. The van der Waals surface area contributed by atoms with E-state index < -0.39 is 22.5 Å². The number of amides is 1. The highest BCUT2D eigenvalue weighted by atomic mass is 32.2. The minimum atomic E-state index is -3.97. The first-order valence-corrected chi connectivity index (χ1v) is 10.7. The van der Waals surface area contributed by atoms with E-state index in [0.29, 0.717) is 11.4 Å². The van der Waals surface area contributed by atoms with E-state index >= 15 is 0 Å². The number of nitrogens with one attached hydrogen (secondary N) is 1. The van der Waals surface area contributed by atoms with Gasteiger partial charge in [0.1, 0.15) is 12.3 Å². The summed E-state index contributed by atoms with van der Waals surface area (Å²) >= 11 is 0. The largest absolute Gasteiger partial charge is 0.463 e. The molecule has 7 nitrogen and oxygen atoms in total. The van der Waals surface area contributed by atoms with Crippen LogP contribution in [0.2, 0.25) is 0 Å². The molecule has 0 aliphatic rings. The predicted molar refractivity (Wildman–Crippen MR) is 116 cm³/mol. The Balaban J connectivity index is 1.91. The van der Waals surface area contributed by atoms with Gasteiger partial charge in [0.25, 0.3) is 15.9 Å². The number of rotatable bonds is 7. The number of carbonyl (C=O) groups is 1. The molecule has 30 heavy (non-hydrogen) atoms. The van der Waals surface area contributed by atoms with E-state index in [9.17, 15) is 13.2 Å². The van der Waals surface area contributed by atoms with E-state index in [2.05, 4.69) is 10.5 Å². The average molecular weight is 426 g/mol. The Bertz CT molecular complexity index is 1150. The van der Waals surface area contributed by atoms with Crippen molar-refractivity contribution in [3.8, 4) is 0 Å². The molecule has 1 amide bonds. The van der Waals surface area contributed by atoms with Crippen molar-refractivity contribution in [2.75, 3.05) is 10.8 Å². The molecule has 156 valence electrons. The van der Waals surface area contributed by atoms with Crippen LogP contribution in [-0.2, 0) is 14.8 Å². The molecule has 0 saturated carbocycles. The van der Waals surface area contributed by atoms with E-state index in [-0.39, 0.29) is 4.90 Å². The first-order valence-electron chi connectivity index (χ1n) is 9.29. The zero-order valence-electron chi connectivity index (χ0n) is 17.0. The maximum absolute atomic E-state index is 13.4. The summed E-state index contributed by atoms with van der Waals surface area (Å²) in [4.78, 5) is 12.6. The van der Waals surface area contributed by atoms with Crippen LogP contribution in [0.1, 0.15) is 22.5 Å². The molecule has 1 N–H and O–H groups in total. The summed E-state index contributed by atoms with van der Waals surface area (Å²) in [5, 5.41) is 3.82. The van der Waals surface area contributed by atoms with E-state index in [0.717, 1.165) is 21.0 Å². The van der Waals surface area contributed by atoms with Gasteiger partial charge < -0.3 is 4.42 Å². The Kier molecular flexibility index (Phi) is 6.37. The van der Waals surface area contributed by atoms with Crippen LogP contribution in [0.4, 0.5) is 5.69 Å². The van der Waals surface area contributed by atoms with Crippen molar-refractivity contribution >= 4 is 27.8 Å². The number of hydrogen-bond donors (Lipinski definition) is 1. The van der Waals surface area contributed by atoms with Gasteiger partial charge in [0.2, 0.25) is 0 Å². The third kappa shape index (κ3) is 4.96. The van der Waals surface area contributed by atoms with Crippen LogP contribution in [0.25, 0.3) is 0 Å². The van der Waals surface area contributed by atoms with Crippen molar-refractivity contribution in [3.05, 3.63) is 83.3 Å². The molecule has 0 saturated heterocycles. The highest BCUT2D eigenvalue weighted by Crippen LogP contribution is 2.27. The van der Waals surface area contributed by atoms with E-state index in [1.807, 2.05) is 32.9 Å². The lowest BCUT2D eigenvalue weighted by molar-refractivity contribution is -0.119. The Morgan fingerprint density at radius 3 is 2.40 bits per heavy atom. The molecule has 2 aromatic carbocycles. The number of aryl methyl sites for hydroxylation is 3. The molecule has 0 atom stereocenters. The van der Waals surface area contributed by atoms with Crippen LogP contribution in [0.3, 0.4) is 0 Å². The number of sulfonamides is 1. The van der Waals surface area contributed by atoms with Gasteiger partial charge in [-0.1, -0.05) is 35.4 Å². The van der Waals surface area contributed by atoms with Crippen molar-refractivity contribution in [1.82, 2.24) is 5.43 Å². The van der Waals surface area contributed by atoms with Gasteiger partial charge in [-0.05, 0) is 56.7 Å². The number of furan rings is 1. The second-order valence-electron chi connectivity index (χ2n) is 6.92. The third-order valence-corrected chi connectivity index (χ3v) is 6.22. The van der Waals surface area contributed by atoms with E-state index in [4.69, 9.17) is 4.42 Å². The lowest BCUT2D eigenvalue weighted by Crippen LogP contribution is -2.40. The number of nitrogens with zero attached hydrogens (tertiary/aromatic N) is 2. The van der Waals surface area contributed by atoms with Crippen LogP contribution in [-0.4, -0.2) is 27.1 Å². The lowest BCUT2D eigenvalue weighted by Gasteiger charge is -2.25. The molecule has 3 rings (SSSR count). The van der Waals surface area contributed by atoms with Crippen molar-refractivity contribution in [3.63, 3.8) is 0 Å². The maximum atomic E-state index is 13.4. The van der Waals surface area contributed by atoms with Crippen molar-refractivity contribution < 1.29 is 17.6 Å². The topological polar surface area (TPSA) is 92.0 Å². The summed E-state index contributed by atoms with van der Waals surface area (Å²) in [6, 6.07) is 15.3. The fraction of sp³-hybridized carbons (Fsp3) is 0.182. The summed E-state index contributed by atoms with van der Waals surface area (Å²) in [6.07, 6.45) is 2.83. The second-order valence-corrected chi connectivity index (χ2v) is 8.79. The van der Waals surface area contributed by atoms with Crippen LogP contribution >= 0.6 is 0 Å². The van der Waals surface area contributed by atoms with Crippen molar-refractivity contribution in [1.29, 1.82) is 0 Å². The third-order valence-electron chi connectivity index (χ3n) is 4.44. The van der Waals surface area contributed by atoms with Crippen LogP contribution in [0.5, 0.6) is 0 Å². The molecule has 0 fully saturated rings. The smallest absolute Gasteiger partial charge is 0.264 e. The zero-order valence-corrected chi connectivity index (χ0v) is 17.8. The average Bonchev–Trinajstić information content (AvgIpc) is 3.20. The standard InChI is InChI=1S/C22H23N3O4S/c1-16-6-9-20(10-7-16)30(27,28)25(21-11-8-17(2)13-18(21)3)15-22(26)24-23-14-19-5-4-12-29-19/h4-14H,15H2,1-3H3,(H,24,26). The van der Waals surface area contributed by atoms with Gasteiger partial charge in [0, 0.05) is 0 Å². The first kappa shape index (κ1) is 21.3. The van der Waals surface area contributed by atoms with Crippen molar-refractivity contribution in [2.45, 2.75) is 25.7 Å². The molecule has 1 heterocycles. The number of hydrogen-bond acceptors (Lipinski definition) is 5. The van der Waals surface area contributed by atoms with Crippen LogP contribution < -0.4 is 9.73 Å². The Hall–Kier alpha value is -3.39. The molecular weight excluding hydrogens is 402 g/mol. The van der Waals surface area contributed by atoms with Crippen molar-refractivity contribution in [2.24, 2.45) is 5.10 Å². The molecule has 0 aliphatic heterocycles. The van der Waals surface area contributed by atoms with Gasteiger partial charge in [0.15, 0.2) is 0 Å². The summed E-state index contributed by atoms with van der Waals surface area (Å²) < 4.78 is 32.9.